The third-order valence-corrected chi connectivity index (χ3v) is 6.67. The Bertz CT molecular complexity index is 1250. The lowest BCUT2D eigenvalue weighted by molar-refractivity contribution is -0.138. The van der Waals surface area contributed by atoms with Crippen molar-refractivity contribution < 1.29 is 24.3 Å². The molecule has 3 unspecified atom stereocenters. The molecule has 2 aromatic carbocycles. The van der Waals surface area contributed by atoms with Crippen molar-refractivity contribution in [1.82, 2.24) is 20.9 Å². The van der Waals surface area contributed by atoms with E-state index in [0.717, 1.165) is 22.0 Å². The molecular formula is C27H33N5O5S. The predicted octanol–water partition coefficient (Wildman–Crippen LogP) is 1.20. The molecule has 202 valence electrons. The van der Waals surface area contributed by atoms with Crippen LogP contribution in [0.3, 0.4) is 0 Å². The van der Waals surface area contributed by atoms with Crippen LogP contribution >= 0.6 is 11.8 Å². The van der Waals surface area contributed by atoms with Crippen LogP contribution in [0.1, 0.15) is 17.5 Å². The second kappa shape index (κ2) is 14.2. The number of nitrogens with one attached hydrogen (secondary N) is 4. The number of carboxylic acids is 1. The molecule has 0 fully saturated rings. The Morgan fingerprint density at radius 2 is 1.61 bits per heavy atom. The molecule has 0 spiro atoms. The summed E-state index contributed by atoms with van der Waals surface area (Å²) >= 11 is 1.52. The largest absolute Gasteiger partial charge is 0.480 e. The molecule has 3 rings (SSSR count). The summed E-state index contributed by atoms with van der Waals surface area (Å²) in [6.07, 6.45) is 4.40. The number of amides is 3. The molecule has 38 heavy (non-hydrogen) atoms. The lowest BCUT2D eigenvalue weighted by Crippen LogP contribution is -2.56. The van der Waals surface area contributed by atoms with E-state index in [1.165, 1.54) is 11.8 Å². The Balaban J connectivity index is 1.74. The minimum absolute atomic E-state index is 0.123. The second-order valence-electron chi connectivity index (χ2n) is 8.88. The van der Waals surface area contributed by atoms with Crippen molar-refractivity contribution in [3.05, 3.63) is 71.9 Å². The van der Waals surface area contributed by atoms with Crippen molar-refractivity contribution >= 4 is 46.4 Å². The van der Waals surface area contributed by atoms with Gasteiger partial charge in [0.2, 0.25) is 17.7 Å². The van der Waals surface area contributed by atoms with Gasteiger partial charge in [0.1, 0.15) is 18.6 Å². The van der Waals surface area contributed by atoms with E-state index >= 15 is 0 Å². The summed E-state index contributed by atoms with van der Waals surface area (Å²) in [4.78, 5) is 53.2. The van der Waals surface area contributed by atoms with Crippen molar-refractivity contribution in [3.8, 4) is 0 Å². The minimum Gasteiger partial charge on any atom is -0.480 e. The zero-order valence-corrected chi connectivity index (χ0v) is 21.9. The van der Waals surface area contributed by atoms with E-state index in [1.807, 2.05) is 60.9 Å². The van der Waals surface area contributed by atoms with Crippen molar-refractivity contribution in [2.24, 2.45) is 5.73 Å². The molecule has 0 saturated carbocycles. The number of aromatic amines is 1. The molecule has 0 radical (unpaired) electrons. The lowest BCUT2D eigenvalue weighted by atomic mass is 10.0. The summed E-state index contributed by atoms with van der Waals surface area (Å²) in [6.45, 7) is -0.583. The summed E-state index contributed by atoms with van der Waals surface area (Å²) in [7, 11) is 0. The highest BCUT2D eigenvalue weighted by molar-refractivity contribution is 7.98. The van der Waals surface area contributed by atoms with Gasteiger partial charge in [0, 0.05) is 23.5 Å². The smallest absolute Gasteiger partial charge is 0.322 e. The van der Waals surface area contributed by atoms with E-state index in [-0.39, 0.29) is 6.42 Å². The number of hydrogen-bond acceptors (Lipinski definition) is 6. The molecule has 0 saturated heterocycles. The fourth-order valence-electron chi connectivity index (χ4n) is 4.03. The Labute approximate surface area is 225 Å². The molecule has 0 aliphatic rings. The summed E-state index contributed by atoms with van der Waals surface area (Å²) in [5.74, 6) is -2.27. The highest BCUT2D eigenvalue weighted by Gasteiger charge is 2.29. The van der Waals surface area contributed by atoms with Gasteiger partial charge in [-0.3, -0.25) is 19.2 Å². The maximum Gasteiger partial charge on any atom is 0.322 e. The first kappa shape index (κ1) is 28.7. The fourth-order valence-corrected chi connectivity index (χ4v) is 4.50. The van der Waals surface area contributed by atoms with Crippen molar-refractivity contribution in [3.63, 3.8) is 0 Å². The predicted molar refractivity (Wildman–Crippen MR) is 148 cm³/mol. The monoisotopic (exact) mass is 539 g/mol. The summed E-state index contributed by atoms with van der Waals surface area (Å²) < 4.78 is 0. The van der Waals surface area contributed by atoms with Gasteiger partial charge in [-0.2, -0.15) is 11.8 Å². The van der Waals surface area contributed by atoms with Gasteiger partial charge in [0.05, 0.1) is 6.04 Å². The first-order valence-electron chi connectivity index (χ1n) is 12.2. The first-order chi connectivity index (χ1) is 18.3. The van der Waals surface area contributed by atoms with E-state index in [9.17, 15) is 19.2 Å². The number of para-hydroxylation sites is 1. The molecule has 10 nitrogen and oxygen atoms in total. The van der Waals surface area contributed by atoms with Gasteiger partial charge in [0.25, 0.3) is 0 Å². The van der Waals surface area contributed by atoms with Crippen LogP contribution in [0.4, 0.5) is 0 Å². The number of benzene rings is 2. The second-order valence-corrected chi connectivity index (χ2v) is 9.86. The van der Waals surface area contributed by atoms with Crippen molar-refractivity contribution in [2.45, 2.75) is 37.4 Å². The topological polar surface area (TPSA) is 166 Å². The van der Waals surface area contributed by atoms with Crippen LogP contribution in [-0.4, -0.2) is 70.5 Å². The van der Waals surface area contributed by atoms with Crippen LogP contribution in [0.15, 0.2) is 60.8 Å². The average molecular weight is 540 g/mol. The number of fused-ring (bicyclic) bond motifs is 1. The number of thioether (sulfide) groups is 1. The lowest BCUT2D eigenvalue weighted by Gasteiger charge is -2.24. The van der Waals surface area contributed by atoms with Gasteiger partial charge < -0.3 is 31.8 Å². The van der Waals surface area contributed by atoms with Gasteiger partial charge in [-0.1, -0.05) is 48.5 Å². The Kier molecular flexibility index (Phi) is 10.7. The van der Waals surface area contributed by atoms with E-state index in [0.29, 0.717) is 18.6 Å². The van der Waals surface area contributed by atoms with Crippen LogP contribution < -0.4 is 21.7 Å². The molecule has 3 amide bonds. The number of hydrogen-bond donors (Lipinski definition) is 6. The van der Waals surface area contributed by atoms with Gasteiger partial charge in [-0.25, -0.2) is 0 Å². The van der Waals surface area contributed by atoms with Gasteiger partial charge >= 0.3 is 5.97 Å². The van der Waals surface area contributed by atoms with Gasteiger partial charge in [0.15, 0.2) is 0 Å². The average Bonchev–Trinajstić information content (AvgIpc) is 3.32. The summed E-state index contributed by atoms with van der Waals surface area (Å²) in [6, 6.07) is 14.0. The number of H-pyrrole nitrogens is 1. The quantitative estimate of drug-likeness (QED) is 0.179. The molecule has 1 heterocycles. The van der Waals surface area contributed by atoms with Crippen LogP contribution in [0, 0.1) is 0 Å². The Morgan fingerprint density at radius 3 is 2.32 bits per heavy atom. The Hall–Kier alpha value is -3.83. The zero-order chi connectivity index (χ0) is 27.5. The molecule has 3 aromatic rings. The molecule has 0 aliphatic heterocycles. The van der Waals surface area contributed by atoms with E-state index in [1.54, 1.807) is 6.20 Å². The molecule has 11 heteroatoms. The van der Waals surface area contributed by atoms with Crippen molar-refractivity contribution in [1.29, 1.82) is 0 Å². The number of carbonyl (C=O) groups is 4. The highest BCUT2D eigenvalue weighted by Crippen LogP contribution is 2.19. The molecule has 7 N–H and O–H groups in total. The third-order valence-electron chi connectivity index (χ3n) is 6.02. The number of rotatable bonds is 14. The fraction of sp³-hybridized carbons (Fsp3) is 0.333. The molecule has 3 atom stereocenters. The van der Waals surface area contributed by atoms with E-state index < -0.39 is 48.4 Å². The SMILES string of the molecule is CSCCC(NC(=O)C(N)Cc1ccccc1)C(=O)NC(Cc1c[nH]c2ccccc12)C(=O)NCC(=O)O. The number of aromatic nitrogens is 1. The molecular weight excluding hydrogens is 506 g/mol. The van der Waals surface area contributed by atoms with Crippen molar-refractivity contribution in [2.75, 3.05) is 18.6 Å². The highest BCUT2D eigenvalue weighted by atomic mass is 32.2. The minimum atomic E-state index is -1.20. The van der Waals surface area contributed by atoms with E-state index in [4.69, 9.17) is 10.8 Å². The number of nitrogens with two attached hydrogens (primary N) is 1. The first-order valence-corrected chi connectivity index (χ1v) is 13.6. The van der Waals surface area contributed by atoms with Crippen LogP contribution in [0.2, 0.25) is 0 Å². The summed E-state index contributed by atoms with van der Waals surface area (Å²) in [5.41, 5.74) is 8.67. The standard InChI is InChI=1S/C27H33N5O5S/c1-38-12-11-22(31-25(35)20(28)13-17-7-3-2-4-8-17)27(37)32-23(26(36)30-16-24(33)34)14-18-15-29-21-10-6-5-9-19(18)21/h2-10,15,20,22-23,29H,11-14,16,28H2,1H3,(H,30,36)(H,31,35)(H,32,37)(H,33,34). The van der Waals surface area contributed by atoms with Crippen LogP contribution in [-0.2, 0) is 32.0 Å². The summed E-state index contributed by atoms with van der Waals surface area (Å²) in [5, 5.41) is 17.7. The normalized spacial score (nSPS) is 13.3. The molecule has 0 aliphatic carbocycles. The third kappa shape index (κ3) is 8.35. The maximum absolute atomic E-state index is 13.3. The van der Waals surface area contributed by atoms with Gasteiger partial charge in [-0.15, -0.1) is 0 Å². The Morgan fingerprint density at radius 1 is 0.921 bits per heavy atom. The van der Waals surface area contributed by atoms with Gasteiger partial charge in [-0.05, 0) is 42.0 Å². The number of carboxylic acid groups (broad SMARTS) is 1. The molecule has 1 aromatic heterocycles. The van der Waals surface area contributed by atoms with Crippen LogP contribution in [0.5, 0.6) is 0 Å². The maximum atomic E-state index is 13.3. The zero-order valence-electron chi connectivity index (χ0n) is 21.1. The number of carbonyl (C=O) groups excluding carboxylic acids is 3. The number of aliphatic carboxylic acids is 1. The molecule has 0 bridgehead atoms. The van der Waals surface area contributed by atoms with Crippen LogP contribution in [0.25, 0.3) is 10.9 Å². The van der Waals surface area contributed by atoms with E-state index in [2.05, 4.69) is 20.9 Å².